The normalized spacial score (nSPS) is 25.9. The van der Waals surface area contributed by atoms with Crippen molar-refractivity contribution in [3.63, 3.8) is 0 Å². The van der Waals surface area contributed by atoms with Gasteiger partial charge in [-0.3, -0.25) is 10.1 Å². The van der Waals surface area contributed by atoms with Gasteiger partial charge >= 0.3 is 6.03 Å². The van der Waals surface area contributed by atoms with Crippen LogP contribution in [0.15, 0.2) is 29.3 Å². The van der Waals surface area contributed by atoms with Crippen molar-refractivity contribution in [2.75, 3.05) is 33.2 Å². The Morgan fingerprint density at radius 3 is 2.77 bits per heavy atom. The molecule has 3 heterocycles. The van der Waals surface area contributed by atoms with Crippen molar-refractivity contribution in [1.29, 1.82) is 0 Å². The average Bonchev–Trinajstić information content (AvgIpc) is 3.00. The van der Waals surface area contributed by atoms with E-state index in [1.54, 1.807) is 7.05 Å². The number of fused-ring (bicyclic) bond motifs is 1. The molecule has 3 aliphatic heterocycles. The number of guanidine groups is 1. The fraction of sp³-hybridized carbons (Fsp3) is 0.471. The minimum atomic E-state index is -0.540. The smallest absolute Gasteiger partial charge is 0.325 e. The van der Waals surface area contributed by atoms with E-state index in [-0.39, 0.29) is 5.91 Å². The second kappa shape index (κ2) is 6.77. The predicted octanol–water partition coefficient (Wildman–Crippen LogP) is 0.293. The van der Waals surface area contributed by atoms with Gasteiger partial charge in [0.2, 0.25) is 0 Å². The number of imide groups is 1. The highest BCUT2D eigenvalue weighted by atomic mass is 35.5. The van der Waals surface area contributed by atoms with Gasteiger partial charge in [0.15, 0.2) is 18.2 Å². The van der Waals surface area contributed by atoms with E-state index in [1.165, 1.54) is 4.90 Å². The van der Waals surface area contributed by atoms with Crippen molar-refractivity contribution in [1.82, 2.24) is 25.3 Å². The number of urea groups is 1. The molecule has 4 rings (SSSR count). The molecule has 2 saturated heterocycles. The summed E-state index contributed by atoms with van der Waals surface area (Å²) in [4.78, 5) is 35.0. The maximum Gasteiger partial charge on any atom is 0.325 e. The first-order valence-corrected chi connectivity index (χ1v) is 9.04. The van der Waals surface area contributed by atoms with E-state index in [0.29, 0.717) is 11.6 Å². The van der Waals surface area contributed by atoms with Crippen molar-refractivity contribution in [2.45, 2.75) is 18.8 Å². The average molecular weight is 377 g/mol. The first-order chi connectivity index (χ1) is 12.5. The van der Waals surface area contributed by atoms with Crippen LogP contribution in [-0.4, -0.2) is 78.0 Å². The highest BCUT2D eigenvalue weighted by molar-refractivity contribution is 6.30. The molecule has 0 aliphatic carbocycles. The fourth-order valence-electron chi connectivity index (χ4n) is 3.64. The first-order valence-electron chi connectivity index (χ1n) is 8.67. The molecule has 26 heavy (non-hydrogen) atoms. The van der Waals surface area contributed by atoms with E-state index in [4.69, 9.17) is 16.6 Å². The Morgan fingerprint density at radius 2 is 2.04 bits per heavy atom. The topological polar surface area (TPSA) is 80.3 Å². The van der Waals surface area contributed by atoms with Crippen molar-refractivity contribution < 1.29 is 9.59 Å². The van der Waals surface area contributed by atoms with E-state index in [1.807, 2.05) is 29.2 Å². The minimum Gasteiger partial charge on any atom is -0.340 e. The lowest BCUT2D eigenvalue weighted by Crippen LogP contribution is -2.64. The van der Waals surface area contributed by atoms with E-state index in [9.17, 15) is 9.59 Å². The van der Waals surface area contributed by atoms with Crippen LogP contribution in [0.3, 0.4) is 0 Å². The molecule has 138 valence electrons. The summed E-state index contributed by atoms with van der Waals surface area (Å²) >= 11 is 6.12. The number of carbonyl (C=O) groups excluding carboxylic acids is 2. The zero-order valence-corrected chi connectivity index (χ0v) is 15.2. The van der Waals surface area contributed by atoms with Gasteiger partial charge in [-0.05, 0) is 17.7 Å². The number of amides is 3. The number of nitrogens with zero attached hydrogens (tertiary/aromatic N) is 4. The number of hydrogen-bond acceptors (Lipinski definition) is 6. The van der Waals surface area contributed by atoms with Crippen molar-refractivity contribution in [3.8, 4) is 0 Å². The number of nitrogens with one attached hydrogen (secondary N) is 2. The molecule has 3 amide bonds. The number of carbonyl (C=O) groups is 2. The van der Waals surface area contributed by atoms with E-state index < -0.39 is 18.2 Å². The van der Waals surface area contributed by atoms with Gasteiger partial charge in [-0.25, -0.2) is 9.79 Å². The predicted molar refractivity (Wildman–Crippen MR) is 97.8 cm³/mol. The largest absolute Gasteiger partial charge is 0.340 e. The molecular weight excluding hydrogens is 356 g/mol. The van der Waals surface area contributed by atoms with Crippen LogP contribution in [0.5, 0.6) is 0 Å². The molecule has 2 fully saturated rings. The van der Waals surface area contributed by atoms with Gasteiger partial charge < -0.3 is 20.0 Å². The maximum absolute atomic E-state index is 12.6. The van der Waals surface area contributed by atoms with Gasteiger partial charge in [-0.2, -0.15) is 0 Å². The third-order valence-corrected chi connectivity index (χ3v) is 5.22. The summed E-state index contributed by atoms with van der Waals surface area (Å²) in [6.45, 7) is 3.84. The van der Waals surface area contributed by atoms with Crippen molar-refractivity contribution in [3.05, 3.63) is 34.9 Å². The monoisotopic (exact) mass is 376 g/mol. The summed E-state index contributed by atoms with van der Waals surface area (Å²) in [6.07, 6.45) is -0.514. The molecule has 3 aliphatic rings. The number of benzene rings is 1. The van der Waals surface area contributed by atoms with E-state index in [0.717, 1.165) is 37.7 Å². The van der Waals surface area contributed by atoms with Crippen LogP contribution in [0.4, 0.5) is 4.79 Å². The lowest BCUT2D eigenvalue weighted by molar-refractivity contribution is -0.127. The number of piperazine rings is 1. The van der Waals surface area contributed by atoms with Gasteiger partial charge in [-0.1, -0.05) is 23.7 Å². The molecule has 2 unspecified atom stereocenters. The van der Waals surface area contributed by atoms with Gasteiger partial charge in [0.1, 0.15) is 0 Å². The Hall–Kier alpha value is -2.32. The lowest BCUT2D eigenvalue weighted by atomic mass is 10.1. The SMILES string of the molecule is CN1C(=O)NC(=O)C2C1N=C(N1CCNCC1)N2Cc1cccc(Cl)c1. The molecule has 0 spiro atoms. The number of aliphatic imine (C=N–C) groups is 1. The zero-order chi connectivity index (χ0) is 18.3. The number of halogens is 1. The Balaban J connectivity index is 1.68. The highest BCUT2D eigenvalue weighted by Crippen LogP contribution is 2.27. The molecule has 0 saturated carbocycles. The molecule has 1 aromatic carbocycles. The summed E-state index contributed by atoms with van der Waals surface area (Å²) in [7, 11) is 1.67. The fourth-order valence-corrected chi connectivity index (χ4v) is 3.85. The number of rotatable bonds is 2. The quantitative estimate of drug-likeness (QED) is 0.775. The summed E-state index contributed by atoms with van der Waals surface area (Å²) in [5.74, 6) is 0.451. The Labute approximate surface area is 156 Å². The Bertz CT molecular complexity index is 763. The number of likely N-dealkylation sites (N-methyl/N-ethyl adjacent to an activating group) is 1. The summed E-state index contributed by atoms with van der Waals surface area (Å²) < 4.78 is 0. The van der Waals surface area contributed by atoms with Crippen LogP contribution in [-0.2, 0) is 11.3 Å². The highest BCUT2D eigenvalue weighted by Gasteiger charge is 2.49. The van der Waals surface area contributed by atoms with Gasteiger partial charge in [0.25, 0.3) is 5.91 Å². The zero-order valence-electron chi connectivity index (χ0n) is 14.5. The molecule has 2 atom stereocenters. The second-order valence-electron chi connectivity index (χ2n) is 6.69. The van der Waals surface area contributed by atoms with Crippen LogP contribution in [0.2, 0.25) is 5.02 Å². The third kappa shape index (κ3) is 2.99. The van der Waals surface area contributed by atoms with Crippen LogP contribution in [0, 0.1) is 0 Å². The molecular formula is C17H21ClN6O2. The first kappa shape index (κ1) is 17.1. The van der Waals surface area contributed by atoms with Crippen molar-refractivity contribution >= 4 is 29.5 Å². The second-order valence-corrected chi connectivity index (χ2v) is 7.12. The molecule has 9 heteroatoms. The summed E-state index contributed by atoms with van der Waals surface area (Å²) in [6, 6.07) is 6.63. The van der Waals surface area contributed by atoms with Gasteiger partial charge in [-0.15, -0.1) is 0 Å². The molecule has 1 aromatic rings. The third-order valence-electron chi connectivity index (χ3n) is 4.98. The maximum atomic E-state index is 12.6. The van der Waals surface area contributed by atoms with Crippen LogP contribution >= 0.6 is 11.6 Å². The Morgan fingerprint density at radius 1 is 1.27 bits per heavy atom. The molecule has 8 nitrogen and oxygen atoms in total. The van der Waals surface area contributed by atoms with Crippen LogP contribution < -0.4 is 10.6 Å². The molecule has 0 radical (unpaired) electrons. The Kier molecular flexibility index (Phi) is 4.46. The lowest BCUT2D eigenvalue weighted by Gasteiger charge is -2.38. The summed E-state index contributed by atoms with van der Waals surface area (Å²) in [5.41, 5.74) is 0.994. The minimum absolute atomic E-state index is 0.311. The van der Waals surface area contributed by atoms with Crippen LogP contribution in [0.1, 0.15) is 5.56 Å². The summed E-state index contributed by atoms with van der Waals surface area (Å²) in [5, 5.41) is 6.40. The number of hydrogen-bond donors (Lipinski definition) is 2. The van der Waals surface area contributed by atoms with Gasteiger partial charge in [0.05, 0.1) is 0 Å². The van der Waals surface area contributed by atoms with E-state index >= 15 is 0 Å². The molecule has 2 N–H and O–H groups in total. The molecule has 0 bridgehead atoms. The standard InChI is InChI=1S/C17H21ClN6O2/c1-22-14-13(15(25)21-17(22)26)24(10-11-3-2-4-12(18)9-11)16(20-14)23-7-5-19-6-8-23/h2-4,9,13-14,19H,5-8,10H2,1H3,(H,21,25,26). The van der Waals surface area contributed by atoms with E-state index in [2.05, 4.69) is 15.5 Å². The van der Waals surface area contributed by atoms with Gasteiger partial charge in [0, 0.05) is 44.8 Å². The molecule has 0 aromatic heterocycles. The van der Waals surface area contributed by atoms with Crippen molar-refractivity contribution in [2.24, 2.45) is 4.99 Å². The van der Waals surface area contributed by atoms with Crippen LogP contribution in [0.25, 0.3) is 0 Å².